The Hall–Kier alpha value is -2.99. The number of amides is 2. The first-order valence-electron chi connectivity index (χ1n) is 7.74. The van der Waals surface area contributed by atoms with Crippen molar-refractivity contribution in [3.8, 4) is 0 Å². The van der Waals surface area contributed by atoms with Crippen molar-refractivity contribution in [1.29, 1.82) is 0 Å². The number of carbonyl (C=O) groups is 2. The topological polar surface area (TPSA) is 122 Å². The third-order valence-electron chi connectivity index (χ3n) is 4.32. The second kappa shape index (κ2) is 6.87. The summed E-state index contributed by atoms with van der Waals surface area (Å²) < 4.78 is 41.0. The van der Waals surface area contributed by atoms with Gasteiger partial charge in [-0.15, -0.1) is 11.3 Å². The zero-order valence-electron chi connectivity index (χ0n) is 13.8. The molecular formula is C16H12F3N3O5S. The molecule has 3 N–H and O–H groups in total. The Kier molecular flexibility index (Phi) is 4.85. The number of Topliss-reactive ketones (excluding diaryl/α,β-unsaturated/α-hetero) is 1. The van der Waals surface area contributed by atoms with E-state index in [4.69, 9.17) is 0 Å². The number of thiophene rings is 1. The van der Waals surface area contributed by atoms with Crippen LogP contribution in [0.1, 0.15) is 21.3 Å². The number of nitro groups is 1. The number of rotatable bonds is 4. The van der Waals surface area contributed by atoms with Crippen molar-refractivity contribution in [1.82, 2.24) is 10.6 Å². The summed E-state index contributed by atoms with van der Waals surface area (Å²) in [7, 11) is 0. The summed E-state index contributed by atoms with van der Waals surface area (Å²) >= 11 is 0.883. The number of hydrogen-bond donors (Lipinski definition) is 3. The van der Waals surface area contributed by atoms with Gasteiger partial charge in [0.25, 0.3) is 5.69 Å². The maximum Gasteiger partial charge on any atom is 0.437 e. The van der Waals surface area contributed by atoms with E-state index in [9.17, 15) is 38.0 Å². The Labute approximate surface area is 159 Å². The highest BCUT2D eigenvalue weighted by atomic mass is 32.1. The fourth-order valence-electron chi connectivity index (χ4n) is 2.99. The van der Waals surface area contributed by atoms with Gasteiger partial charge in [-0.2, -0.15) is 13.2 Å². The van der Waals surface area contributed by atoms with Crippen LogP contribution in [0, 0.1) is 16.0 Å². The van der Waals surface area contributed by atoms with E-state index in [1.54, 1.807) is 0 Å². The third kappa shape index (κ3) is 3.31. The predicted octanol–water partition coefficient (Wildman–Crippen LogP) is 2.76. The van der Waals surface area contributed by atoms with Crippen LogP contribution < -0.4 is 10.6 Å². The van der Waals surface area contributed by atoms with E-state index in [1.807, 2.05) is 0 Å². The van der Waals surface area contributed by atoms with Crippen LogP contribution in [0.25, 0.3) is 0 Å². The highest BCUT2D eigenvalue weighted by Crippen LogP contribution is 2.44. The summed E-state index contributed by atoms with van der Waals surface area (Å²) in [5, 5.41) is 26.2. The first-order valence-corrected chi connectivity index (χ1v) is 8.62. The number of halogens is 3. The highest BCUT2D eigenvalue weighted by molar-refractivity contribution is 7.12. The molecule has 0 bridgehead atoms. The molecule has 12 heteroatoms. The molecular weight excluding hydrogens is 403 g/mol. The second-order valence-electron chi connectivity index (χ2n) is 6.01. The molecule has 2 amide bonds. The van der Waals surface area contributed by atoms with Gasteiger partial charge in [0.05, 0.1) is 15.8 Å². The van der Waals surface area contributed by atoms with E-state index in [0.29, 0.717) is 0 Å². The van der Waals surface area contributed by atoms with Crippen LogP contribution >= 0.6 is 11.3 Å². The number of nitrogens with zero attached hydrogens (tertiary/aromatic N) is 1. The third-order valence-corrected chi connectivity index (χ3v) is 5.20. The molecule has 2 heterocycles. The Bertz CT molecular complexity index is 917. The van der Waals surface area contributed by atoms with Gasteiger partial charge in [0, 0.05) is 12.1 Å². The van der Waals surface area contributed by atoms with Gasteiger partial charge in [0.1, 0.15) is 5.92 Å². The molecule has 8 nitrogen and oxygen atoms in total. The summed E-state index contributed by atoms with van der Waals surface area (Å²) in [6.45, 7) is 0. The Morgan fingerprint density at radius 2 is 1.89 bits per heavy atom. The van der Waals surface area contributed by atoms with Crippen LogP contribution in [-0.4, -0.2) is 33.7 Å². The molecule has 148 valence electrons. The lowest BCUT2D eigenvalue weighted by Gasteiger charge is -2.44. The molecule has 28 heavy (non-hydrogen) atoms. The van der Waals surface area contributed by atoms with Crippen LogP contribution in [-0.2, 0) is 0 Å². The van der Waals surface area contributed by atoms with Gasteiger partial charge in [-0.25, -0.2) is 4.79 Å². The lowest BCUT2D eigenvalue weighted by Crippen LogP contribution is -2.72. The van der Waals surface area contributed by atoms with E-state index in [-0.39, 0.29) is 16.1 Å². The number of aliphatic hydroxyl groups is 1. The number of carbonyl (C=O) groups excluding carboxylic acids is 2. The van der Waals surface area contributed by atoms with Crippen molar-refractivity contribution in [3.63, 3.8) is 0 Å². The summed E-state index contributed by atoms with van der Waals surface area (Å²) in [5.74, 6) is -3.20. The lowest BCUT2D eigenvalue weighted by atomic mass is 9.78. The summed E-state index contributed by atoms with van der Waals surface area (Å²) in [5.41, 5.74) is -4.16. The fourth-order valence-corrected chi connectivity index (χ4v) is 3.70. The van der Waals surface area contributed by atoms with Crippen molar-refractivity contribution in [2.45, 2.75) is 17.9 Å². The number of hydrogen-bond acceptors (Lipinski definition) is 6. The molecule has 2 aromatic rings. The zero-order chi connectivity index (χ0) is 20.7. The summed E-state index contributed by atoms with van der Waals surface area (Å²) in [6, 6.07) is 4.16. The van der Waals surface area contributed by atoms with Gasteiger partial charge in [-0.3, -0.25) is 14.9 Å². The fraction of sp³-hybridized carbons (Fsp3) is 0.250. The number of urea groups is 1. The minimum absolute atomic E-state index is 0.00182. The Balaban J connectivity index is 2.12. The number of non-ortho nitro benzene ring substituents is 1. The molecule has 0 aliphatic carbocycles. The largest absolute Gasteiger partial charge is 0.437 e. The smallest absolute Gasteiger partial charge is 0.363 e. The quantitative estimate of drug-likeness (QED) is 0.403. The predicted molar refractivity (Wildman–Crippen MR) is 90.6 cm³/mol. The molecule has 0 saturated carbocycles. The maximum absolute atomic E-state index is 13.7. The molecule has 1 saturated heterocycles. The highest BCUT2D eigenvalue weighted by Gasteiger charge is 2.66. The summed E-state index contributed by atoms with van der Waals surface area (Å²) in [4.78, 5) is 34.7. The van der Waals surface area contributed by atoms with Crippen molar-refractivity contribution in [2.24, 2.45) is 5.92 Å². The summed E-state index contributed by atoms with van der Waals surface area (Å²) in [6.07, 6.45) is -5.36. The van der Waals surface area contributed by atoms with Crippen LogP contribution in [0.4, 0.5) is 23.7 Å². The van der Waals surface area contributed by atoms with E-state index < -0.39 is 40.6 Å². The van der Waals surface area contributed by atoms with Crippen molar-refractivity contribution >= 4 is 28.8 Å². The first-order chi connectivity index (χ1) is 13.0. The zero-order valence-corrected chi connectivity index (χ0v) is 14.6. The average molecular weight is 415 g/mol. The average Bonchev–Trinajstić information content (AvgIpc) is 3.14. The SMILES string of the molecule is O=C1N[C@@H](c2ccc([N+](=O)[O-])cc2)[C@@H](C(=O)c2cccs2)[C@](O)(C(F)(F)F)N1. The number of ketones is 1. The maximum atomic E-state index is 13.7. The second-order valence-corrected chi connectivity index (χ2v) is 6.96. The van der Waals surface area contributed by atoms with Crippen LogP contribution in [0.15, 0.2) is 41.8 Å². The molecule has 1 aliphatic rings. The molecule has 1 aromatic heterocycles. The molecule has 3 rings (SSSR count). The van der Waals surface area contributed by atoms with Gasteiger partial charge in [-0.05, 0) is 17.0 Å². The molecule has 1 fully saturated rings. The van der Waals surface area contributed by atoms with E-state index in [0.717, 1.165) is 35.6 Å². The minimum atomic E-state index is -5.36. The molecule has 0 radical (unpaired) electrons. The number of benzene rings is 1. The molecule has 0 spiro atoms. The van der Waals surface area contributed by atoms with E-state index in [2.05, 4.69) is 5.32 Å². The normalized spacial score (nSPS) is 24.9. The lowest BCUT2D eigenvalue weighted by molar-refractivity contribution is -0.384. The first kappa shape index (κ1) is 19.8. The van der Waals surface area contributed by atoms with Gasteiger partial charge >= 0.3 is 12.2 Å². The minimum Gasteiger partial charge on any atom is -0.363 e. The van der Waals surface area contributed by atoms with Gasteiger partial charge < -0.3 is 15.7 Å². The molecule has 3 atom stereocenters. The van der Waals surface area contributed by atoms with Crippen molar-refractivity contribution in [3.05, 3.63) is 62.3 Å². The number of alkyl halides is 3. The standard InChI is InChI=1S/C16H12F3N3O5S/c17-16(18,19)15(25)11(13(23)10-2-1-7-28-10)12(20-14(24)21-15)8-3-5-9(6-4-8)22(26)27/h1-7,11-12,25H,(H2,20,21,24)/t11-,12-,15-/m0/s1. The van der Waals surface area contributed by atoms with E-state index >= 15 is 0 Å². The molecule has 1 aliphatic heterocycles. The Morgan fingerprint density at radius 3 is 2.39 bits per heavy atom. The van der Waals surface area contributed by atoms with Crippen LogP contribution in [0.3, 0.4) is 0 Å². The van der Waals surface area contributed by atoms with E-state index in [1.165, 1.54) is 22.8 Å². The number of nitro benzene ring substituents is 1. The molecule has 0 unspecified atom stereocenters. The van der Waals surface area contributed by atoms with Gasteiger partial charge in [0.2, 0.25) is 5.72 Å². The number of nitrogens with one attached hydrogen (secondary N) is 2. The van der Waals surface area contributed by atoms with Gasteiger partial charge in [0.15, 0.2) is 5.78 Å². The Morgan fingerprint density at radius 1 is 1.25 bits per heavy atom. The monoisotopic (exact) mass is 415 g/mol. The van der Waals surface area contributed by atoms with Gasteiger partial charge in [-0.1, -0.05) is 18.2 Å². The van der Waals surface area contributed by atoms with Crippen molar-refractivity contribution in [2.75, 3.05) is 0 Å². The van der Waals surface area contributed by atoms with Crippen LogP contribution in [0.2, 0.25) is 0 Å². The van der Waals surface area contributed by atoms with Crippen molar-refractivity contribution < 1.29 is 32.8 Å². The van der Waals surface area contributed by atoms with Crippen LogP contribution in [0.5, 0.6) is 0 Å². The molecule has 1 aromatic carbocycles.